The van der Waals surface area contributed by atoms with Gasteiger partial charge in [-0.1, -0.05) is 20.4 Å². The number of hydrogen-bond donors (Lipinski definition) is 0. The molecular formula is C11H21NO2. The normalized spacial score (nSPS) is 12.6. The zero-order valence-electron chi connectivity index (χ0n) is 9.45. The molecule has 0 bridgehead atoms. The van der Waals surface area contributed by atoms with Gasteiger partial charge in [0.15, 0.2) is 6.23 Å². The summed E-state index contributed by atoms with van der Waals surface area (Å²) < 4.78 is 5.14. The molecule has 0 rings (SSSR count). The first-order valence-electron chi connectivity index (χ1n) is 5.22. The third-order valence-electron chi connectivity index (χ3n) is 1.99. The summed E-state index contributed by atoms with van der Waals surface area (Å²) in [6.07, 6.45) is 3.18. The molecule has 0 aliphatic rings. The zero-order valence-corrected chi connectivity index (χ0v) is 9.45. The van der Waals surface area contributed by atoms with Crippen LogP contribution in [0, 0.1) is 0 Å². The van der Waals surface area contributed by atoms with E-state index in [4.69, 9.17) is 4.74 Å². The molecule has 0 aliphatic carbocycles. The summed E-state index contributed by atoms with van der Waals surface area (Å²) in [5, 5.41) is 0. The van der Waals surface area contributed by atoms with E-state index in [0.717, 1.165) is 25.9 Å². The topological polar surface area (TPSA) is 29.5 Å². The average Bonchev–Trinajstić information content (AvgIpc) is 2.17. The molecule has 0 aromatic rings. The van der Waals surface area contributed by atoms with Crippen LogP contribution in [0.1, 0.15) is 33.6 Å². The average molecular weight is 199 g/mol. The predicted octanol–water partition coefficient (Wildman–Crippen LogP) is 2.18. The maximum atomic E-state index is 11.0. The van der Waals surface area contributed by atoms with Crippen LogP contribution in [0.2, 0.25) is 0 Å². The fourth-order valence-corrected chi connectivity index (χ4v) is 1.34. The number of rotatable bonds is 7. The van der Waals surface area contributed by atoms with E-state index in [0.29, 0.717) is 0 Å². The molecule has 0 spiro atoms. The Morgan fingerprint density at radius 3 is 2.29 bits per heavy atom. The summed E-state index contributed by atoms with van der Waals surface area (Å²) in [5.41, 5.74) is 0. The van der Waals surface area contributed by atoms with E-state index >= 15 is 0 Å². The predicted molar refractivity (Wildman–Crippen MR) is 57.9 cm³/mol. The molecule has 0 saturated heterocycles. The van der Waals surface area contributed by atoms with Crippen LogP contribution in [0.3, 0.4) is 0 Å². The van der Waals surface area contributed by atoms with Crippen molar-refractivity contribution in [1.29, 1.82) is 0 Å². The van der Waals surface area contributed by atoms with Gasteiger partial charge in [0, 0.05) is 19.2 Å². The van der Waals surface area contributed by atoms with Gasteiger partial charge in [-0.25, -0.2) is 4.79 Å². The van der Waals surface area contributed by atoms with E-state index in [1.165, 1.54) is 6.08 Å². The molecule has 3 nitrogen and oxygen atoms in total. The van der Waals surface area contributed by atoms with Crippen molar-refractivity contribution in [2.24, 2.45) is 0 Å². The molecular weight excluding hydrogens is 178 g/mol. The lowest BCUT2D eigenvalue weighted by molar-refractivity contribution is -0.151. The van der Waals surface area contributed by atoms with Crippen molar-refractivity contribution in [1.82, 2.24) is 4.90 Å². The molecule has 0 aliphatic heterocycles. The van der Waals surface area contributed by atoms with Gasteiger partial charge in [-0.2, -0.15) is 0 Å². The fourth-order valence-electron chi connectivity index (χ4n) is 1.34. The van der Waals surface area contributed by atoms with Crippen molar-refractivity contribution in [2.75, 3.05) is 13.1 Å². The summed E-state index contributed by atoms with van der Waals surface area (Å²) in [6.45, 7) is 11.4. The minimum Gasteiger partial charge on any atom is -0.443 e. The molecule has 0 aromatic heterocycles. The molecule has 14 heavy (non-hydrogen) atoms. The molecule has 82 valence electrons. The summed E-state index contributed by atoms with van der Waals surface area (Å²) >= 11 is 0. The lowest BCUT2D eigenvalue weighted by atomic mass is 10.3. The van der Waals surface area contributed by atoms with Gasteiger partial charge in [0.1, 0.15) is 0 Å². The Hall–Kier alpha value is -0.830. The van der Waals surface area contributed by atoms with Crippen molar-refractivity contribution >= 4 is 5.97 Å². The second-order valence-electron chi connectivity index (χ2n) is 3.28. The van der Waals surface area contributed by atoms with Crippen molar-refractivity contribution in [3.8, 4) is 0 Å². The van der Waals surface area contributed by atoms with Gasteiger partial charge in [-0.3, -0.25) is 4.90 Å². The number of carbonyl (C=O) groups is 1. The van der Waals surface area contributed by atoms with Gasteiger partial charge in [0.25, 0.3) is 0 Å². The molecule has 0 radical (unpaired) electrons. The molecule has 0 saturated carbocycles. The molecule has 0 N–H and O–H groups in total. The highest BCUT2D eigenvalue weighted by atomic mass is 16.6. The molecule has 1 atom stereocenters. The molecule has 0 amide bonds. The van der Waals surface area contributed by atoms with Gasteiger partial charge in [0.2, 0.25) is 0 Å². The number of ether oxygens (including phenoxy) is 1. The van der Waals surface area contributed by atoms with E-state index in [1.54, 1.807) is 0 Å². The SMILES string of the molecule is C=CC(=O)OC(C)N(CCC)CCC. The molecule has 0 fully saturated rings. The van der Waals surface area contributed by atoms with Gasteiger partial charge in [-0.15, -0.1) is 0 Å². The first-order valence-corrected chi connectivity index (χ1v) is 5.22. The molecule has 3 heteroatoms. The number of hydrogen-bond acceptors (Lipinski definition) is 3. The minimum atomic E-state index is -0.352. The smallest absolute Gasteiger partial charge is 0.331 e. The van der Waals surface area contributed by atoms with Crippen LogP contribution in [0.15, 0.2) is 12.7 Å². The van der Waals surface area contributed by atoms with Crippen molar-refractivity contribution in [3.63, 3.8) is 0 Å². The maximum Gasteiger partial charge on any atom is 0.331 e. The lowest BCUT2D eigenvalue weighted by Crippen LogP contribution is -2.37. The highest BCUT2D eigenvalue weighted by Gasteiger charge is 2.14. The standard InChI is InChI=1S/C11H21NO2/c1-5-8-12(9-6-2)10(4)14-11(13)7-3/h7,10H,3,5-6,8-9H2,1-2,4H3. The molecule has 1 unspecified atom stereocenters. The third kappa shape index (κ3) is 5.02. The largest absolute Gasteiger partial charge is 0.443 e. The second kappa shape index (κ2) is 7.56. The van der Waals surface area contributed by atoms with Crippen molar-refractivity contribution in [2.45, 2.75) is 39.8 Å². The quantitative estimate of drug-likeness (QED) is 0.357. The highest BCUT2D eigenvalue weighted by Crippen LogP contribution is 2.04. The Morgan fingerprint density at radius 1 is 1.43 bits per heavy atom. The van der Waals surface area contributed by atoms with Gasteiger partial charge >= 0.3 is 5.97 Å². The van der Waals surface area contributed by atoms with Crippen LogP contribution in [0.25, 0.3) is 0 Å². The van der Waals surface area contributed by atoms with E-state index in [2.05, 4.69) is 25.3 Å². The summed E-state index contributed by atoms with van der Waals surface area (Å²) in [7, 11) is 0. The Morgan fingerprint density at radius 2 is 1.93 bits per heavy atom. The minimum absolute atomic E-state index is 0.152. The highest BCUT2D eigenvalue weighted by molar-refractivity contribution is 5.81. The monoisotopic (exact) mass is 199 g/mol. The first-order chi connectivity index (χ1) is 6.65. The lowest BCUT2D eigenvalue weighted by Gasteiger charge is -2.27. The summed E-state index contributed by atoms with van der Waals surface area (Å²) in [4.78, 5) is 13.1. The second-order valence-corrected chi connectivity index (χ2v) is 3.28. The van der Waals surface area contributed by atoms with Gasteiger partial charge in [-0.05, 0) is 19.8 Å². The van der Waals surface area contributed by atoms with Crippen molar-refractivity contribution < 1.29 is 9.53 Å². The van der Waals surface area contributed by atoms with Crippen molar-refractivity contribution in [3.05, 3.63) is 12.7 Å². The molecule has 0 aromatic carbocycles. The van der Waals surface area contributed by atoms with Crippen LogP contribution in [-0.2, 0) is 9.53 Å². The van der Waals surface area contributed by atoms with Gasteiger partial charge in [0.05, 0.1) is 0 Å². The van der Waals surface area contributed by atoms with Crippen LogP contribution in [-0.4, -0.2) is 30.2 Å². The van der Waals surface area contributed by atoms with Crippen LogP contribution >= 0.6 is 0 Å². The summed E-state index contributed by atoms with van der Waals surface area (Å²) in [5.74, 6) is -0.352. The zero-order chi connectivity index (χ0) is 11.0. The third-order valence-corrected chi connectivity index (χ3v) is 1.99. The Bertz CT molecular complexity index is 174. The Kier molecular flexibility index (Phi) is 7.11. The van der Waals surface area contributed by atoms with E-state index < -0.39 is 0 Å². The number of nitrogens with zero attached hydrogens (tertiary/aromatic N) is 1. The number of esters is 1. The van der Waals surface area contributed by atoms with Crippen LogP contribution < -0.4 is 0 Å². The van der Waals surface area contributed by atoms with Crippen LogP contribution in [0.5, 0.6) is 0 Å². The van der Waals surface area contributed by atoms with Crippen LogP contribution in [0.4, 0.5) is 0 Å². The number of carbonyl (C=O) groups excluding carboxylic acids is 1. The van der Waals surface area contributed by atoms with E-state index in [9.17, 15) is 4.79 Å². The fraction of sp³-hybridized carbons (Fsp3) is 0.727. The van der Waals surface area contributed by atoms with Gasteiger partial charge < -0.3 is 4.74 Å². The Balaban J connectivity index is 4.05. The molecule has 0 heterocycles. The summed E-state index contributed by atoms with van der Waals surface area (Å²) in [6, 6.07) is 0. The Labute approximate surface area is 86.7 Å². The first kappa shape index (κ1) is 13.2. The van der Waals surface area contributed by atoms with E-state index in [1.807, 2.05) is 6.92 Å². The van der Waals surface area contributed by atoms with E-state index in [-0.39, 0.29) is 12.2 Å². The maximum absolute atomic E-state index is 11.0.